The summed E-state index contributed by atoms with van der Waals surface area (Å²) in [5, 5.41) is 5.43. The Hall–Kier alpha value is -2.47. The average Bonchev–Trinajstić information content (AvgIpc) is 2.53. The summed E-state index contributed by atoms with van der Waals surface area (Å²) in [4.78, 5) is 12.4. The Morgan fingerprint density at radius 3 is 2.67 bits per heavy atom. The van der Waals surface area contributed by atoms with E-state index in [2.05, 4.69) is 10.6 Å². The molecule has 126 valence electrons. The van der Waals surface area contributed by atoms with Crippen molar-refractivity contribution < 1.29 is 13.9 Å². The summed E-state index contributed by atoms with van der Waals surface area (Å²) in [5.41, 5.74) is 0.853. The van der Waals surface area contributed by atoms with Gasteiger partial charge in [-0.3, -0.25) is 10.1 Å². The number of benzene rings is 2. The predicted molar refractivity (Wildman–Crippen MR) is 96.9 cm³/mol. The number of anilines is 1. The fraction of sp³-hybridized carbons (Fsp3) is 0.222. The van der Waals surface area contributed by atoms with Crippen molar-refractivity contribution in [3.8, 4) is 5.75 Å². The molecule has 0 spiro atoms. The predicted octanol–water partition coefficient (Wildman–Crippen LogP) is 3.99. The smallest absolute Gasteiger partial charge is 0.261 e. The normalized spacial score (nSPS) is 10.3. The highest BCUT2D eigenvalue weighted by molar-refractivity contribution is 7.80. The summed E-state index contributed by atoms with van der Waals surface area (Å²) in [6.45, 7) is 4.57. The maximum absolute atomic E-state index is 13.2. The number of amides is 1. The minimum Gasteiger partial charge on any atom is -0.492 e. The zero-order valence-corrected chi connectivity index (χ0v) is 14.3. The second kappa shape index (κ2) is 8.40. The molecule has 6 heteroatoms. The van der Waals surface area contributed by atoms with E-state index in [9.17, 15) is 9.18 Å². The summed E-state index contributed by atoms with van der Waals surface area (Å²) in [7, 11) is 0. The van der Waals surface area contributed by atoms with Gasteiger partial charge in [0.25, 0.3) is 5.91 Å². The number of halogens is 1. The second-order valence-electron chi connectivity index (χ2n) is 5.62. The molecule has 0 aromatic heterocycles. The van der Waals surface area contributed by atoms with Crippen molar-refractivity contribution in [1.82, 2.24) is 5.32 Å². The monoisotopic (exact) mass is 346 g/mol. The lowest BCUT2D eigenvalue weighted by molar-refractivity contribution is 0.0973. The van der Waals surface area contributed by atoms with Gasteiger partial charge in [0.15, 0.2) is 5.11 Å². The quantitative estimate of drug-likeness (QED) is 0.804. The van der Waals surface area contributed by atoms with Crippen molar-refractivity contribution in [3.05, 3.63) is 59.9 Å². The van der Waals surface area contributed by atoms with Gasteiger partial charge in [-0.1, -0.05) is 32.0 Å². The van der Waals surface area contributed by atoms with Crippen LogP contribution in [0.4, 0.5) is 10.1 Å². The third-order valence-electron chi connectivity index (χ3n) is 3.01. The molecule has 2 aromatic rings. The molecule has 0 bridgehead atoms. The molecule has 0 saturated carbocycles. The molecule has 0 unspecified atom stereocenters. The van der Waals surface area contributed by atoms with Crippen LogP contribution in [0, 0.1) is 11.7 Å². The molecule has 2 N–H and O–H groups in total. The van der Waals surface area contributed by atoms with Gasteiger partial charge in [-0.2, -0.15) is 0 Å². The van der Waals surface area contributed by atoms with Crippen molar-refractivity contribution in [2.75, 3.05) is 11.9 Å². The molecule has 2 aromatic carbocycles. The minimum atomic E-state index is -0.387. The van der Waals surface area contributed by atoms with Gasteiger partial charge in [0, 0.05) is 5.69 Å². The molecular formula is C18H19FN2O2S. The number of carbonyl (C=O) groups excluding carboxylic acids is 1. The van der Waals surface area contributed by atoms with Gasteiger partial charge in [0.1, 0.15) is 11.6 Å². The topological polar surface area (TPSA) is 50.4 Å². The standard InChI is InChI=1S/C18H19FN2O2S/c1-12(2)11-23-16-9-4-3-8-15(16)17(22)21-18(24)20-14-7-5-6-13(19)10-14/h3-10,12H,11H2,1-2H3,(H2,20,21,22,24). The number of hydrogen-bond acceptors (Lipinski definition) is 3. The number of nitrogens with one attached hydrogen (secondary N) is 2. The lowest BCUT2D eigenvalue weighted by atomic mass is 10.2. The third-order valence-corrected chi connectivity index (χ3v) is 3.22. The van der Waals surface area contributed by atoms with E-state index in [1.807, 2.05) is 13.8 Å². The SMILES string of the molecule is CC(C)COc1ccccc1C(=O)NC(=S)Nc1cccc(F)c1. The maximum Gasteiger partial charge on any atom is 0.261 e. The molecule has 0 aliphatic rings. The summed E-state index contributed by atoms with van der Waals surface area (Å²) in [6, 6.07) is 12.8. The molecule has 0 radical (unpaired) electrons. The molecule has 0 aliphatic carbocycles. The summed E-state index contributed by atoms with van der Waals surface area (Å²) >= 11 is 5.10. The Morgan fingerprint density at radius 1 is 1.21 bits per heavy atom. The fourth-order valence-electron chi connectivity index (χ4n) is 1.94. The van der Waals surface area contributed by atoms with Crippen LogP contribution in [0.25, 0.3) is 0 Å². The first-order valence-corrected chi connectivity index (χ1v) is 7.96. The lowest BCUT2D eigenvalue weighted by Crippen LogP contribution is -2.34. The number of hydrogen-bond donors (Lipinski definition) is 2. The van der Waals surface area contributed by atoms with Crippen LogP contribution in [0.2, 0.25) is 0 Å². The molecule has 1 amide bonds. The molecule has 0 aliphatic heterocycles. The average molecular weight is 346 g/mol. The van der Waals surface area contributed by atoms with E-state index < -0.39 is 0 Å². The highest BCUT2D eigenvalue weighted by atomic mass is 32.1. The van der Waals surface area contributed by atoms with E-state index in [1.54, 1.807) is 36.4 Å². The number of thiocarbonyl (C=S) groups is 1. The van der Waals surface area contributed by atoms with Crippen LogP contribution in [0.15, 0.2) is 48.5 Å². The van der Waals surface area contributed by atoms with E-state index in [0.29, 0.717) is 29.5 Å². The van der Waals surface area contributed by atoms with Gasteiger partial charge in [0.05, 0.1) is 12.2 Å². The Bertz CT molecular complexity index is 734. The van der Waals surface area contributed by atoms with Crippen LogP contribution in [0.3, 0.4) is 0 Å². The van der Waals surface area contributed by atoms with Crippen LogP contribution in [-0.2, 0) is 0 Å². The molecular weight excluding hydrogens is 327 g/mol. The van der Waals surface area contributed by atoms with E-state index >= 15 is 0 Å². The number of para-hydroxylation sites is 1. The first-order chi connectivity index (χ1) is 11.5. The van der Waals surface area contributed by atoms with E-state index in [4.69, 9.17) is 17.0 Å². The molecule has 0 heterocycles. The molecule has 24 heavy (non-hydrogen) atoms. The Kier molecular flexibility index (Phi) is 6.26. The van der Waals surface area contributed by atoms with Gasteiger partial charge in [-0.15, -0.1) is 0 Å². The van der Waals surface area contributed by atoms with Crippen LogP contribution in [-0.4, -0.2) is 17.6 Å². The van der Waals surface area contributed by atoms with Crippen molar-refractivity contribution in [2.45, 2.75) is 13.8 Å². The summed E-state index contributed by atoms with van der Waals surface area (Å²) in [6.07, 6.45) is 0. The van der Waals surface area contributed by atoms with Crippen molar-refractivity contribution >= 4 is 28.9 Å². The number of rotatable bonds is 5. The third kappa shape index (κ3) is 5.31. The molecule has 0 atom stereocenters. The van der Waals surface area contributed by atoms with Crippen molar-refractivity contribution in [2.24, 2.45) is 5.92 Å². The zero-order valence-electron chi connectivity index (χ0n) is 13.5. The van der Waals surface area contributed by atoms with E-state index in [0.717, 1.165) is 0 Å². The number of carbonyl (C=O) groups is 1. The van der Waals surface area contributed by atoms with Gasteiger partial charge >= 0.3 is 0 Å². The molecule has 2 rings (SSSR count). The second-order valence-corrected chi connectivity index (χ2v) is 6.03. The summed E-state index contributed by atoms with van der Waals surface area (Å²) < 4.78 is 18.8. The van der Waals surface area contributed by atoms with Crippen LogP contribution in [0.5, 0.6) is 5.75 Å². The molecule has 0 saturated heterocycles. The van der Waals surface area contributed by atoms with E-state index in [1.165, 1.54) is 12.1 Å². The number of ether oxygens (including phenoxy) is 1. The van der Waals surface area contributed by atoms with Crippen molar-refractivity contribution in [3.63, 3.8) is 0 Å². The zero-order chi connectivity index (χ0) is 17.5. The minimum absolute atomic E-state index is 0.0873. The Balaban J connectivity index is 2.02. The Labute approximate surface area is 146 Å². The van der Waals surface area contributed by atoms with Gasteiger partial charge in [-0.05, 0) is 48.5 Å². The fourth-order valence-corrected chi connectivity index (χ4v) is 2.15. The maximum atomic E-state index is 13.2. The van der Waals surface area contributed by atoms with E-state index in [-0.39, 0.29) is 16.8 Å². The first kappa shape index (κ1) is 17.9. The van der Waals surface area contributed by atoms with Crippen LogP contribution >= 0.6 is 12.2 Å². The highest BCUT2D eigenvalue weighted by Crippen LogP contribution is 2.18. The van der Waals surface area contributed by atoms with Gasteiger partial charge in [-0.25, -0.2) is 4.39 Å². The largest absolute Gasteiger partial charge is 0.492 e. The molecule has 0 fully saturated rings. The molecule has 4 nitrogen and oxygen atoms in total. The van der Waals surface area contributed by atoms with Crippen LogP contribution in [0.1, 0.15) is 24.2 Å². The van der Waals surface area contributed by atoms with Crippen LogP contribution < -0.4 is 15.4 Å². The van der Waals surface area contributed by atoms with Gasteiger partial charge < -0.3 is 10.1 Å². The van der Waals surface area contributed by atoms with Crippen molar-refractivity contribution in [1.29, 1.82) is 0 Å². The first-order valence-electron chi connectivity index (χ1n) is 7.55. The van der Waals surface area contributed by atoms with Gasteiger partial charge in [0.2, 0.25) is 0 Å². The Morgan fingerprint density at radius 2 is 1.96 bits per heavy atom. The highest BCUT2D eigenvalue weighted by Gasteiger charge is 2.14. The summed E-state index contributed by atoms with van der Waals surface area (Å²) in [5.74, 6) is 0.0684. The lowest BCUT2D eigenvalue weighted by Gasteiger charge is -2.14.